The summed E-state index contributed by atoms with van der Waals surface area (Å²) < 4.78 is 47.2. The molecule has 3 aromatic rings. The van der Waals surface area contributed by atoms with Crippen molar-refractivity contribution < 1.29 is 26.4 Å². The van der Waals surface area contributed by atoms with Crippen LogP contribution in [0, 0.1) is 5.41 Å². The fourth-order valence-corrected chi connectivity index (χ4v) is 5.99. The number of urea groups is 1. The number of carbonyl (C=O) groups is 2. The lowest BCUT2D eigenvalue weighted by Crippen LogP contribution is -2.50. The summed E-state index contributed by atoms with van der Waals surface area (Å²) in [6, 6.07) is 16.1. The largest absolute Gasteiger partial charge is 0.353 e. The van der Waals surface area contributed by atoms with Gasteiger partial charge in [-0.3, -0.25) is 10.2 Å². The number of carbonyl (C=O) groups excluding carboxylic acids is 2. The number of hydrogen-bond donors (Lipinski definition) is 5. The minimum absolute atomic E-state index is 0.0719. The van der Waals surface area contributed by atoms with Crippen LogP contribution in [0.25, 0.3) is 0 Å². The Kier molecular flexibility index (Phi) is 10.6. The highest BCUT2D eigenvalue weighted by Gasteiger charge is 2.23. The highest BCUT2D eigenvalue weighted by Crippen LogP contribution is 2.24. The number of rotatable bonds is 10. The van der Waals surface area contributed by atoms with Crippen LogP contribution in [0.1, 0.15) is 42.9 Å². The third kappa shape index (κ3) is 9.11. The van der Waals surface area contributed by atoms with Gasteiger partial charge in [-0.25, -0.2) is 31.9 Å². The number of benzene rings is 3. The predicted octanol–water partition coefficient (Wildman–Crippen LogP) is 2.88. The van der Waals surface area contributed by atoms with Gasteiger partial charge in [-0.15, -0.1) is 0 Å². The van der Waals surface area contributed by atoms with Gasteiger partial charge >= 0.3 is 6.03 Å². The molecule has 0 aliphatic carbocycles. The van der Waals surface area contributed by atoms with E-state index < -0.39 is 26.1 Å². The van der Waals surface area contributed by atoms with Gasteiger partial charge in [0.1, 0.15) is 5.84 Å². The van der Waals surface area contributed by atoms with E-state index in [0.717, 1.165) is 12.8 Å². The third-order valence-electron chi connectivity index (χ3n) is 7.39. The number of nitrogens with zero attached hydrogens (tertiary/aromatic N) is 2. The van der Waals surface area contributed by atoms with Gasteiger partial charge in [-0.2, -0.15) is 0 Å². The lowest BCUT2D eigenvalue weighted by molar-refractivity contribution is -0.132. The molecule has 15 heteroatoms. The molecule has 0 bridgehead atoms. The molecule has 1 heterocycles. The Balaban J connectivity index is 1.45. The quantitative estimate of drug-likeness (QED) is 0.163. The molecule has 0 aromatic heterocycles. The molecule has 0 radical (unpaired) electrons. The molecular weight excluding hydrogens is 619 g/mol. The van der Waals surface area contributed by atoms with Crippen LogP contribution in [0.3, 0.4) is 0 Å². The number of unbranched alkanes of at least 4 members (excludes halogenated alkanes) is 1. The number of amidine groups is 1. The maximum Gasteiger partial charge on any atom is 0.323 e. The summed E-state index contributed by atoms with van der Waals surface area (Å²) in [5.74, 6) is 0.427. The predicted molar refractivity (Wildman–Crippen MR) is 172 cm³/mol. The van der Waals surface area contributed by atoms with Gasteiger partial charge in [0, 0.05) is 49.5 Å². The van der Waals surface area contributed by atoms with Crippen LogP contribution < -0.4 is 20.9 Å². The smallest absolute Gasteiger partial charge is 0.323 e. The normalized spacial score (nSPS) is 13.8. The number of primary sulfonamides is 2. The maximum atomic E-state index is 13.0. The van der Waals surface area contributed by atoms with Crippen molar-refractivity contribution in [1.29, 1.82) is 5.41 Å². The van der Waals surface area contributed by atoms with Crippen molar-refractivity contribution in [2.75, 3.05) is 36.8 Å². The fourth-order valence-electron chi connectivity index (χ4n) is 4.91. The van der Waals surface area contributed by atoms with Crippen molar-refractivity contribution in [2.24, 2.45) is 10.3 Å². The number of amides is 3. The van der Waals surface area contributed by atoms with E-state index in [-0.39, 0.29) is 28.0 Å². The number of piperazine rings is 1. The first-order valence-electron chi connectivity index (χ1n) is 14.3. The van der Waals surface area contributed by atoms with Gasteiger partial charge < -0.3 is 20.4 Å². The Hall–Kier alpha value is -4.31. The van der Waals surface area contributed by atoms with E-state index in [2.05, 4.69) is 10.6 Å². The molecule has 3 amide bonds. The Morgan fingerprint density at radius 3 is 2.07 bits per heavy atom. The zero-order valence-corrected chi connectivity index (χ0v) is 26.5. The second kappa shape index (κ2) is 14.2. The van der Waals surface area contributed by atoms with Gasteiger partial charge in [-0.05, 0) is 66.4 Å². The second-order valence-electron chi connectivity index (χ2n) is 10.7. The SMILES string of the molecule is CCCCC(=O)N1CCN(C(=N)c2cccc(NC(=O)Nc3ccc(S(N)(=O)=O)cc3Cc3ccc(S(N)(=O)=O)cc3)c2)CC1. The molecule has 1 fully saturated rings. The molecule has 0 atom stereocenters. The molecule has 13 nitrogen and oxygen atoms in total. The van der Waals surface area contributed by atoms with Crippen LogP contribution >= 0.6 is 0 Å². The summed E-state index contributed by atoms with van der Waals surface area (Å²) in [6.45, 7) is 4.23. The van der Waals surface area contributed by atoms with Crippen molar-refractivity contribution in [1.82, 2.24) is 9.80 Å². The number of nitrogens with two attached hydrogens (primary N) is 2. The van der Waals surface area contributed by atoms with Crippen LogP contribution in [0.15, 0.2) is 76.5 Å². The lowest BCUT2D eigenvalue weighted by Gasteiger charge is -2.36. The summed E-state index contributed by atoms with van der Waals surface area (Å²) in [6.07, 6.45) is 2.51. The van der Waals surface area contributed by atoms with E-state index in [1.54, 1.807) is 24.3 Å². The molecule has 4 rings (SSSR count). The summed E-state index contributed by atoms with van der Waals surface area (Å²) in [4.78, 5) is 28.9. The number of hydrogen-bond acceptors (Lipinski definition) is 7. The van der Waals surface area contributed by atoms with Crippen molar-refractivity contribution in [3.05, 3.63) is 83.4 Å². The Bertz CT molecular complexity index is 1790. The zero-order valence-electron chi connectivity index (χ0n) is 24.8. The maximum absolute atomic E-state index is 13.0. The van der Waals surface area contributed by atoms with E-state index >= 15 is 0 Å². The summed E-state index contributed by atoms with van der Waals surface area (Å²) >= 11 is 0. The van der Waals surface area contributed by atoms with Crippen LogP contribution in [0.4, 0.5) is 16.2 Å². The number of sulfonamides is 2. The van der Waals surface area contributed by atoms with Crippen molar-refractivity contribution in [3.63, 3.8) is 0 Å². The monoisotopic (exact) mass is 655 g/mol. The first-order valence-corrected chi connectivity index (χ1v) is 17.4. The molecule has 45 heavy (non-hydrogen) atoms. The number of anilines is 2. The van der Waals surface area contributed by atoms with Crippen molar-refractivity contribution in [3.8, 4) is 0 Å². The van der Waals surface area contributed by atoms with Gasteiger partial charge in [0.15, 0.2) is 0 Å². The molecule has 7 N–H and O–H groups in total. The van der Waals surface area contributed by atoms with E-state index in [0.29, 0.717) is 60.7 Å². The molecule has 1 aliphatic heterocycles. The van der Waals surface area contributed by atoms with Crippen LogP contribution in [-0.2, 0) is 31.3 Å². The highest BCUT2D eigenvalue weighted by atomic mass is 32.2. The zero-order chi connectivity index (χ0) is 32.8. The van der Waals surface area contributed by atoms with Gasteiger partial charge in [-0.1, -0.05) is 37.6 Å². The Morgan fingerprint density at radius 2 is 1.44 bits per heavy atom. The van der Waals surface area contributed by atoms with E-state index in [9.17, 15) is 26.4 Å². The Morgan fingerprint density at radius 1 is 0.822 bits per heavy atom. The minimum atomic E-state index is -4.04. The summed E-state index contributed by atoms with van der Waals surface area (Å²) in [5.41, 5.74) is 2.40. The molecule has 0 unspecified atom stereocenters. The minimum Gasteiger partial charge on any atom is -0.353 e. The van der Waals surface area contributed by atoms with Crippen molar-refractivity contribution >= 4 is 49.2 Å². The molecular formula is C30H37N7O6S2. The number of nitrogens with one attached hydrogen (secondary N) is 3. The summed E-state index contributed by atoms with van der Waals surface area (Å²) in [5, 5.41) is 24.7. The second-order valence-corrected chi connectivity index (χ2v) is 13.8. The molecule has 0 saturated carbocycles. The molecule has 1 saturated heterocycles. The average Bonchev–Trinajstić information content (AvgIpc) is 3.00. The fraction of sp³-hybridized carbons (Fsp3) is 0.300. The molecule has 240 valence electrons. The average molecular weight is 656 g/mol. The van der Waals surface area contributed by atoms with Crippen LogP contribution in [0.5, 0.6) is 0 Å². The van der Waals surface area contributed by atoms with Gasteiger partial charge in [0.25, 0.3) is 0 Å². The van der Waals surface area contributed by atoms with E-state index in [1.165, 1.54) is 42.5 Å². The first-order chi connectivity index (χ1) is 21.2. The first kappa shape index (κ1) is 33.6. The van der Waals surface area contributed by atoms with Crippen LogP contribution in [-0.4, -0.2) is 70.6 Å². The Labute approximate surface area is 263 Å². The molecule has 0 spiro atoms. The molecule has 1 aliphatic rings. The third-order valence-corrected chi connectivity index (χ3v) is 9.23. The lowest BCUT2D eigenvalue weighted by atomic mass is 10.0. The highest BCUT2D eigenvalue weighted by molar-refractivity contribution is 7.89. The topological polar surface area (TPSA) is 209 Å². The van der Waals surface area contributed by atoms with Crippen molar-refractivity contribution in [2.45, 2.75) is 42.4 Å². The van der Waals surface area contributed by atoms with E-state index in [1.807, 2.05) is 16.7 Å². The van der Waals surface area contributed by atoms with Gasteiger partial charge in [0.05, 0.1) is 9.79 Å². The summed E-state index contributed by atoms with van der Waals surface area (Å²) in [7, 11) is -7.93. The van der Waals surface area contributed by atoms with Gasteiger partial charge in [0.2, 0.25) is 26.0 Å². The molecule has 3 aromatic carbocycles. The van der Waals surface area contributed by atoms with E-state index in [4.69, 9.17) is 15.7 Å². The van der Waals surface area contributed by atoms with Crippen LogP contribution in [0.2, 0.25) is 0 Å². The standard InChI is InChI=1S/C30H37N7O6S2/c1-2-3-7-28(38)36-14-16-37(17-15-36)29(31)22-5-4-6-24(19-22)34-30(39)35-27-13-12-26(45(33,42)43)20-23(27)18-21-8-10-25(11-9-21)44(32,40)41/h4-6,8-13,19-20,31H,2-3,7,14-18H2,1H3,(H2,32,40,41)(H2,33,42,43)(H2,34,35,39).